The molecule has 0 saturated carbocycles. The van der Waals surface area contributed by atoms with Crippen molar-refractivity contribution in [2.24, 2.45) is 5.92 Å². The molecule has 2 amide bonds. The fraction of sp³-hybridized carbons (Fsp3) is 0.304. The Morgan fingerprint density at radius 1 is 0.968 bits per heavy atom. The molecule has 0 aliphatic carbocycles. The molecule has 3 rings (SSSR count). The predicted octanol–water partition coefficient (Wildman–Crippen LogP) is 3.98. The summed E-state index contributed by atoms with van der Waals surface area (Å²) in [7, 11) is 3.97. The third kappa shape index (κ3) is 6.36. The number of hydrogen-bond acceptors (Lipinski definition) is 6. The number of benzene rings is 2. The van der Waals surface area contributed by atoms with Gasteiger partial charge in [0.1, 0.15) is 5.01 Å². The van der Waals surface area contributed by atoms with Crippen LogP contribution in [0.25, 0.3) is 0 Å². The van der Waals surface area contributed by atoms with Crippen molar-refractivity contribution >= 4 is 34.5 Å². The highest BCUT2D eigenvalue weighted by Gasteiger charge is 2.14. The smallest absolute Gasteiger partial charge is 0.286 e. The van der Waals surface area contributed by atoms with E-state index in [0.717, 1.165) is 22.7 Å². The number of nitrogens with one attached hydrogen (secondary N) is 2. The summed E-state index contributed by atoms with van der Waals surface area (Å²) in [6.07, 6.45) is 0.800. The van der Waals surface area contributed by atoms with Crippen LogP contribution in [0.1, 0.15) is 44.6 Å². The Labute approximate surface area is 186 Å². The van der Waals surface area contributed by atoms with Crippen molar-refractivity contribution in [2.45, 2.75) is 26.8 Å². The molecule has 162 valence electrons. The van der Waals surface area contributed by atoms with Gasteiger partial charge in [-0.15, -0.1) is 10.2 Å². The maximum absolute atomic E-state index is 12.4. The van der Waals surface area contributed by atoms with E-state index in [1.54, 1.807) is 24.3 Å². The van der Waals surface area contributed by atoms with Gasteiger partial charge in [-0.3, -0.25) is 9.59 Å². The van der Waals surface area contributed by atoms with Gasteiger partial charge in [0.25, 0.3) is 11.8 Å². The molecule has 0 aliphatic heterocycles. The minimum atomic E-state index is -0.300. The molecule has 1 aromatic heterocycles. The van der Waals surface area contributed by atoms with Gasteiger partial charge in [0.2, 0.25) is 5.01 Å². The number of aromatic nitrogens is 2. The number of nitrogens with zero attached hydrogens (tertiary/aromatic N) is 3. The Hall–Kier alpha value is -3.26. The first-order valence-corrected chi connectivity index (χ1v) is 10.9. The van der Waals surface area contributed by atoms with Crippen molar-refractivity contribution < 1.29 is 9.59 Å². The van der Waals surface area contributed by atoms with Crippen LogP contribution in [0.4, 0.5) is 11.4 Å². The second-order valence-corrected chi connectivity index (χ2v) is 8.94. The van der Waals surface area contributed by atoms with Crippen LogP contribution in [0, 0.1) is 5.92 Å². The molecule has 0 radical (unpaired) electrons. The van der Waals surface area contributed by atoms with E-state index < -0.39 is 0 Å². The van der Waals surface area contributed by atoms with E-state index in [1.165, 1.54) is 11.3 Å². The normalized spacial score (nSPS) is 10.7. The minimum absolute atomic E-state index is 0.169. The van der Waals surface area contributed by atoms with Crippen LogP contribution >= 0.6 is 11.3 Å². The first kappa shape index (κ1) is 22.4. The highest BCUT2D eigenvalue weighted by molar-refractivity contribution is 7.13. The van der Waals surface area contributed by atoms with Gasteiger partial charge in [0, 0.05) is 44.0 Å². The molecule has 1 heterocycles. The summed E-state index contributed by atoms with van der Waals surface area (Å²) in [5.41, 5.74) is 3.26. The Kier molecular flexibility index (Phi) is 7.36. The fourth-order valence-electron chi connectivity index (χ4n) is 2.86. The Morgan fingerprint density at radius 3 is 2.26 bits per heavy atom. The predicted molar refractivity (Wildman–Crippen MR) is 125 cm³/mol. The van der Waals surface area contributed by atoms with Crippen LogP contribution in [0.2, 0.25) is 0 Å². The molecule has 0 bridgehead atoms. The first-order valence-electron chi connectivity index (χ1n) is 10.1. The molecule has 0 saturated heterocycles. The standard InChI is InChI=1S/C23H27N5O2S/c1-15(2)13-20-26-27-23(31-20)22(30)25-18-9-7-17(8-10-18)21(29)24-14-16-5-11-19(12-6-16)28(3)4/h5-12,15H,13-14H2,1-4H3,(H,24,29)(H,25,30). The van der Waals surface area contributed by atoms with E-state index in [2.05, 4.69) is 34.7 Å². The number of hydrogen-bond donors (Lipinski definition) is 2. The summed E-state index contributed by atoms with van der Waals surface area (Å²) < 4.78 is 0. The van der Waals surface area contributed by atoms with Crippen LogP contribution in [0.3, 0.4) is 0 Å². The lowest BCUT2D eigenvalue weighted by Crippen LogP contribution is -2.22. The highest BCUT2D eigenvalue weighted by atomic mass is 32.1. The van der Waals surface area contributed by atoms with Gasteiger partial charge >= 0.3 is 0 Å². The maximum Gasteiger partial charge on any atom is 0.286 e. The van der Waals surface area contributed by atoms with Gasteiger partial charge in [-0.25, -0.2) is 0 Å². The molecular weight excluding hydrogens is 410 g/mol. The zero-order valence-electron chi connectivity index (χ0n) is 18.2. The number of rotatable bonds is 8. The first-order chi connectivity index (χ1) is 14.8. The molecule has 2 N–H and O–H groups in total. The van der Waals surface area contributed by atoms with Crippen molar-refractivity contribution in [3.8, 4) is 0 Å². The molecule has 8 heteroatoms. The molecule has 31 heavy (non-hydrogen) atoms. The van der Waals surface area contributed by atoms with E-state index in [4.69, 9.17) is 0 Å². The van der Waals surface area contributed by atoms with Crippen LogP contribution in [0.5, 0.6) is 0 Å². The zero-order valence-corrected chi connectivity index (χ0v) is 19.0. The average Bonchev–Trinajstić information content (AvgIpc) is 3.20. The zero-order chi connectivity index (χ0) is 22.4. The van der Waals surface area contributed by atoms with Crippen molar-refractivity contribution in [1.82, 2.24) is 15.5 Å². The number of amides is 2. The fourth-order valence-corrected chi connectivity index (χ4v) is 3.81. The quantitative estimate of drug-likeness (QED) is 0.557. The van der Waals surface area contributed by atoms with E-state index in [1.807, 2.05) is 43.3 Å². The molecule has 2 aromatic carbocycles. The summed E-state index contributed by atoms with van der Waals surface area (Å²) in [5, 5.41) is 14.9. The van der Waals surface area contributed by atoms with Crippen LogP contribution in [0.15, 0.2) is 48.5 Å². The molecule has 3 aromatic rings. The van der Waals surface area contributed by atoms with Gasteiger partial charge < -0.3 is 15.5 Å². The summed E-state index contributed by atoms with van der Waals surface area (Å²) in [4.78, 5) is 26.8. The van der Waals surface area contributed by atoms with Crippen molar-refractivity contribution in [3.05, 3.63) is 69.7 Å². The molecule has 0 aliphatic rings. The van der Waals surface area contributed by atoms with Gasteiger partial charge in [0.15, 0.2) is 0 Å². The topological polar surface area (TPSA) is 87.2 Å². The summed E-state index contributed by atoms with van der Waals surface area (Å²) >= 11 is 1.30. The lowest BCUT2D eigenvalue weighted by atomic mass is 10.1. The van der Waals surface area contributed by atoms with Gasteiger partial charge in [-0.1, -0.05) is 37.3 Å². The van der Waals surface area contributed by atoms with Gasteiger partial charge in [-0.2, -0.15) is 0 Å². The largest absolute Gasteiger partial charge is 0.378 e. The van der Waals surface area contributed by atoms with E-state index in [-0.39, 0.29) is 11.8 Å². The SMILES string of the molecule is CC(C)Cc1nnc(C(=O)Nc2ccc(C(=O)NCc3ccc(N(C)C)cc3)cc2)s1. The third-order valence-electron chi connectivity index (χ3n) is 4.55. The Morgan fingerprint density at radius 2 is 1.65 bits per heavy atom. The average molecular weight is 438 g/mol. The van der Waals surface area contributed by atoms with Crippen LogP contribution < -0.4 is 15.5 Å². The molecular formula is C23H27N5O2S. The molecule has 0 atom stereocenters. The van der Waals surface area contributed by atoms with Gasteiger partial charge in [0.05, 0.1) is 0 Å². The van der Waals surface area contributed by atoms with E-state index >= 15 is 0 Å². The number of carbonyl (C=O) groups is 2. The second-order valence-electron chi connectivity index (χ2n) is 7.87. The van der Waals surface area contributed by atoms with E-state index in [9.17, 15) is 9.59 Å². The van der Waals surface area contributed by atoms with Crippen molar-refractivity contribution in [3.63, 3.8) is 0 Å². The van der Waals surface area contributed by atoms with Crippen molar-refractivity contribution in [1.29, 1.82) is 0 Å². The number of anilines is 2. The van der Waals surface area contributed by atoms with Crippen LogP contribution in [-0.2, 0) is 13.0 Å². The molecule has 7 nitrogen and oxygen atoms in total. The van der Waals surface area contributed by atoms with Gasteiger partial charge in [-0.05, 0) is 47.9 Å². The highest BCUT2D eigenvalue weighted by Crippen LogP contribution is 2.17. The molecule has 0 spiro atoms. The second kappa shape index (κ2) is 10.2. The molecule has 0 unspecified atom stereocenters. The lowest BCUT2D eigenvalue weighted by Gasteiger charge is -2.13. The maximum atomic E-state index is 12.4. The summed E-state index contributed by atoms with van der Waals surface area (Å²) in [6.45, 7) is 4.64. The Balaban J connectivity index is 1.53. The third-order valence-corrected chi connectivity index (χ3v) is 5.50. The lowest BCUT2D eigenvalue weighted by molar-refractivity contribution is 0.0950. The summed E-state index contributed by atoms with van der Waals surface area (Å²) in [5.74, 6) is -0.0112. The number of carbonyl (C=O) groups excluding carboxylic acids is 2. The van der Waals surface area contributed by atoms with E-state index in [0.29, 0.717) is 28.7 Å². The summed E-state index contributed by atoms with van der Waals surface area (Å²) in [6, 6.07) is 14.8. The minimum Gasteiger partial charge on any atom is -0.378 e. The molecule has 0 fully saturated rings. The van der Waals surface area contributed by atoms with Crippen LogP contribution in [-0.4, -0.2) is 36.1 Å². The van der Waals surface area contributed by atoms with Crippen molar-refractivity contribution in [2.75, 3.05) is 24.3 Å². The Bertz CT molecular complexity index is 1030. The monoisotopic (exact) mass is 437 g/mol.